The van der Waals surface area contributed by atoms with Gasteiger partial charge in [0.25, 0.3) is 0 Å². The number of hydrogen-bond donors (Lipinski definition) is 2. The maximum absolute atomic E-state index is 13.0. The lowest BCUT2D eigenvalue weighted by molar-refractivity contribution is -0.115. The highest BCUT2D eigenvalue weighted by atomic mass is 32.2. The molecule has 110 valence electrons. The minimum absolute atomic E-state index is 0.0376. The Morgan fingerprint density at radius 2 is 2.40 bits per heavy atom. The summed E-state index contributed by atoms with van der Waals surface area (Å²) in [6.07, 6.45) is 3.03. The molecule has 1 saturated heterocycles. The fraction of sp³-hybridized carbons (Fsp3) is 0.500. The highest BCUT2D eigenvalue weighted by Gasteiger charge is 2.15. The summed E-state index contributed by atoms with van der Waals surface area (Å²) in [5.41, 5.74) is 6.01. The van der Waals surface area contributed by atoms with E-state index >= 15 is 0 Å². The summed E-state index contributed by atoms with van der Waals surface area (Å²) < 4.78 is 18.5. The number of hydrogen-bond acceptors (Lipinski definition) is 4. The van der Waals surface area contributed by atoms with Crippen molar-refractivity contribution in [2.24, 2.45) is 0 Å². The lowest BCUT2D eigenvalue weighted by atomic mass is 10.2. The van der Waals surface area contributed by atoms with E-state index in [1.165, 1.54) is 18.2 Å². The first-order valence-electron chi connectivity index (χ1n) is 6.69. The van der Waals surface area contributed by atoms with E-state index in [2.05, 4.69) is 5.32 Å². The standard InChI is InChI=1S/C14H19FN2O2S/c15-12-4-3-10(8-13(12)16)17-14(18)5-7-20-9-11-2-1-6-19-11/h3-4,8,11H,1-2,5-7,9,16H2,(H,17,18). The summed E-state index contributed by atoms with van der Waals surface area (Å²) in [7, 11) is 0. The zero-order chi connectivity index (χ0) is 14.4. The zero-order valence-electron chi connectivity index (χ0n) is 11.2. The van der Waals surface area contributed by atoms with Crippen molar-refractivity contribution in [1.82, 2.24) is 0 Å². The first kappa shape index (κ1) is 15.1. The maximum Gasteiger partial charge on any atom is 0.225 e. The summed E-state index contributed by atoms with van der Waals surface area (Å²) >= 11 is 1.72. The van der Waals surface area contributed by atoms with Crippen molar-refractivity contribution in [3.8, 4) is 0 Å². The van der Waals surface area contributed by atoms with Gasteiger partial charge in [0.2, 0.25) is 5.91 Å². The van der Waals surface area contributed by atoms with Crippen LogP contribution < -0.4 is 11.1 Å². The fourth-order valence-electron chi connectivity index (χ4n) is 2.00. The van der Waals surface area contributed by atoms with Crippen molar-refractivity contribution in [1.29, 1.82) is 0 Å². The van der Waals surface area contributed by atoms with Gasteiger partial charge in [0.15, 0.2) is 0 Å². The second-order valence-electron chi connectivity index (χ2n) is 4.74. The third-order valence-corrected chi connectivity index (χ3v) is 4.18. The number of ether oxygens (including phenoxy) is 1. The topological polar surface area (TPSA) is 64.3 Å². The summed E-state index contributed by atoms with van der Waals surface area (Å²) in [6, 6.07) is 4.17. The molecule has 0 spiro atoms. The van der Waals surface area contributed by atoms with Crippen LogP contribution >= 0.6 is 11.8 Å². The van der Waals surface area contributed by atoms with Crippen LogP contribution in [0.1, 0.15) is 19.3 Å². The van der Waals surface area contributed by atoms with Crippen LogP contribution in [0.15, 0.2) is 18.2 Å². The quantitative estimate of drug-likeness (QED) is 0.626. The molecule has 0 aromatic heterocycles. The number of halogens is 1. The van der Waals surface area contributed by atoms with Crippen molar-refractivity contribution < 1.29 is 13.9 Å². The van der Waals surface area contributed by atoms with Crippen molar-refractivity contribution >= 4 is 29.0 Å². The number of benzene rings is 1. The van der Waals surface area contributed by atoms with E-state index in [0.29, 0.717) is 18.2 Å². The normalized spacial score (nSPS) is 18.1. The van der Waals surface area contributed by atoms with Gasteiger partial charge in [0.05, 0.1) is 11.8 Å². The van der Waals surface area contributed by atoms with Gasteiger partial charge in [-0.15, -0.1) is 0 Å². The van der Waals surface area contributed by atoms with Crippen molar-refractivity contribution in [2.45, 2.75) is 25.4 Å². The Bertz CT molecular complexity index is 464. The molecule has 6 heteroatoms. The summed E-state index contributed by atoms with van der Waals surface area (Å²) in [4.78, 5) is 11.7. The molecule has 1 atom stereocenters. The van der Waals surface area contributed by atoms with Crippen LogP contribution in [-0.2, 0) is 9.53 Å². The van der Waals surface area contributed by atoms with Gasteiger partial charge < -0.3 is 15.8 Å². The highest BCUT2D eigenvalue weighted by molar-refractivity contribution is 7.99. The fourth-order valence-corrected chi connectivity index (χ4v) is 3.02. The average Bonchev–Trinajstić information content (AvgIpc) is 2.92. The minimum Gasteiger partial charge on any atom is -0.396 e. The van der Waals surface area contributed by atoms with Crippen LogP contribution in [0.4, 0.5) is 15.8 Å². The van der Waals surface area contributed by atoms with Gasteiger partial charge in [0, 0.05) is 30.2 Å². The largest absolute Gasteiger partial charge is 0.396 e. The molecule has 1 aromatic carbocycles. The van der Waals surface area contributed by atoms with E-state index in [9.17, 15) is 9.18 Å². The summed E-state index contributed by atoms with van der Waals surface area (Å²) in [5, 5.41) is 2.71. The Balaban J connectivity index is 1.65. The molecular weight excluding hydrogens is 279 g/mol. The predicted octanol–water partition coefficient (Wildman–Crippen LogP) is 2.65. The molecule has 1 unspecified atom stereocenters. The molecule has 1 amide bonds. The molecule has 0 saturated carbocycles. The van der Waals surface area contributed by atoms with E-state index in [0.717, 1.165) is 31.0 Å². The van der Waals surface area contributed by atoms with Crippen LogP contribution in [-0.4, -0.2) is 30.1 Å². The van der Waals surface area contributed by atoms with Gasteiger partial charge in [-0.25, -0.2) is 4.39 Å². The first-order valence-corrected chi connectivity index (χ1v) is 7.85. The van der Waals surface area contributed by atoms with Gasteiger partial charge in [-0.05, 0) is 31.0 Å². The predicted molar refractivity (Wildman–Crippen MR) is 80.4 cm³/mol. The average molecular weight is 298 g/mol. The minimum atomic E-state index is -0.477. The molecule has 1 aliphatic rings. The van der Waals surface area contributed by atoms with E-state index in [1.807, 2.05) is 0 Å². The molecule has 1 fully saturated rings. The third-order valence-electron chi connectivity index (χ3n) is 3.08. The molecule has 3 N–H and O–H groups in total. The zero-order valence-corrected chi connectivity index (χ0v) is 12.0. The number of anilines is 2. The van der Waals surface area contributed by atoms with Gasteiger partial charge in [-0.2, -0.15) is 11.8 Å². The Labute approximate surface area is 122 Å². The Morgan fingerprint density at radius 3 is 3.10 bits per heavy atom. The molecule has 20 heavy (non-hydrogen) atoms. The SMILES string of the molecule is Nc1cc(NC(=O)CCSCC2CCCO2)ccc1F. The molecule has 1 aromatic rings. The molecule has 0 bridgehead atoms. The monoisotopic (exact) mass is 298 g/mol. The number of nitrogens with two attached hydrogens (primary N) is 1. The lowest BCUT2D eigenvalue weighted by Crippen LogP contribution is -2.14. The van der Waals surface area contributed by atoms with Crippen molar-refractivity contribution in [3.63, 3.8) is 0 Å². The van der Waals surface area contributed by atoms with Gasteiger partial charge in [-0.3, -0.25) is 4.79 Å². The second kappa shape index (κ2) is 7.50. The Morgan fingerprint density at radius 1 is 1.55 bits per heavy atom. The van der Waals surface area contributed by atoms with Gasteiger partial charge in [0.1, 0.15) is 5.82 Å². The first-order chi connectivity index (χ1) is 9.65. The number of nitrogen functional groups attached to an aromatic ring is 1. The van der Waals surface area contributed by atoms with Gasteiger partial charge >= 0.3 is 0 Å². The smallest absolute Gasteiger partial charge is 0.225 e. The number of thioether (sulfide) groups is 1. The van der Waals surface area contributed by atoms with Crippen molar-refractivity contribution in [2.75, 3.05) is 29.2 Å². The lowest BCUT2D eigenvalue weighted by Gasteiger charge is -2.09. The van der Waals surface area contributed by atoms with E-state index in [-0.39, 0.29) is 11.6 Å². The summed E-state index contributed by atoms with van der Waals surface area (Å²) in [5.74, 6) is 1.13. The van der Waals surface area contributed by atoms with E-state index in [1.54, 1.807) is 11.8 Å². The Kier molecular flexibility index (Phi) is 5.67. The molecule has 1 heterocycles. The molecule has 4 nitrogen and oxygen atoms in total. The molecule has 0 radical (unpaired) electrons. The van der Waals surface area contributed by atoms with E-state index in [4.69, 9.17) is 10.5 Å². The molecule has 2 rings (SSSR count). The number of carbonyl (C=O) groups is 1. The third kappa shape index (κ3) is 4.68. The van der Waals surface area contributed by atoms with Crippen LogP contribution in [0, 0.1) is 5.82 Å². The number of carbonyl (C=O) groups excluding carboxylic acids is 1. The molecular formula is C14H19FN2O2S. The van der Waals surface area contributed by atoms with Crippen LogP contribution in [0.2, 0.25) is 0 Å². The van der Waals surface area contributed by atoms with Crippen LogP contribution in [0.25, 0.3) is 0 Å². The maximum atomic E-state index is 13.0. The second-order valence-corrected chi connectivity index (χ2v) is 5.89. The summed E-state index contributed by atoms with van der Waals surface area (Å²) in [6.45, 7) is 0.859. The van der Waals surface area contributed by atoms with Crippen LogP contribution in [0.5, 0.6) is 0 Å². The molecule has 1 aliphatic heterocycles. The van der Waals surface area contributed by atoms with Crippen molar-refractivity contribution in [3.05, 3.63) is 24.0 Å². The number of nitrogens with one attached hydrogen (secondary N) is 1. The number of amides is 1. The van der Waals surface area contributed by atoms with E-state index < -0.39 is 5.82 Å². The number of rotatable bonds is 6. The molecule has 0 aliphatic carbocycles. The highest BCUT2D eigenvalue weighted by Crippen LogP contribution is 2.19. The van der Waals surface area contributed by atoms with Gasteiger partial charge in [-0.1, -0.05) is 0 Å². The van der Waals surface area contributed by atoms with Crippen LogP contribution in [0.3, 0.4) is 0 Å². The Hall–Kier alpha value is -1.27.